The second-order valence-electron chi connectivity index (χ2n) is 4.73. The molecule has 0 aliphatic carbocycles. The summed E-state index contributed by atoms with van der Waals surface area (Å²) in [5, 5.41) is 15.2. The van der Waals surface area contributed by atoms with Crippen LogP contribution in [0.5, 0.6) is 0 Å². The van der Waals surface area contributed by atoms with Crippen molar-refractivity contribution in [1.29, 1.82) is 0 Å². The van der Waals surface area contributed by atoms with Crippen LogP contribution in [0.4, 0.5) is 5.95 Å². The van der Waals surface area contributed by atoms with Gasteiger partial charge in [-0.1, -0.05) is 41.8 Å². The van der Waals surface area contributed by atoms with Crippen LogP contribution in [-0.4, -0.2) is 33.3 Å². The van der Waals surface area contributed by atoms with Gasteiger partial charge in [0.2, 0.25) is 5.95 Å². The molecule has 0 fully saturated rings. The van der Waals surface area contributed by atoms with Crippen molar-refractivity contribution in [2.45, 2.75) is 19.4 Å². The van der Waals surface area contributed by atoms with E-state index in [4.69, 9.17) is 16.3 Å². The number of benzene rings is 1. The van der Waals surface area contributed by atoms with Gasteiger partial charge < -0.3 is 10.1 Å². The van der Waals surface area contributed by atoms with Crippen molar-refractivity contribution in [2.75, 3.05) is 12.4 Å². The summed E-state index contributed by atoms with van der Waals surface area (Å²) in [7, 11) is 1.35. The minimum atomic E-state index is -0.526. The van der Waals surface area contributed by atoms with Crippen LogP contribution >= 0.6 is 11.6 Å². The smallest absolute Gasteiger partial charge is 0.338 e. The topological polar surface area (TPSA) is 81.9 Å². The molecule has 0 saturated heterocycles. The standard InChI is InChI=1S/C14H14ClN5O2/c1-3-10-11(13(21)22-2)12(8-6-4-5-7-9(8)15)20-14(16-10)17-18-19-20/h4-7,12H,3H2,1-2H3,(H,16,17,19)/t12-/m1/s1. The molecule has 0 bridgehead atoms. The van der Waals surface area contributed by atoms with E-state index in [2.05, 4.69) is 20.8 Å². The molecule has 1 atom stereocenters. The van der Waals surface area contributed by atoms with E-state index in [-0.39, 0.29) is 0 Å². The van der Waals surface area contributed by atoms with Gasteiger partial charge in [-0.05, 0) is 22.9 Å². The highest BCUT2D eigenvalue weighted by Gasteiger charge is 2.36. The molecule has 2 aromatic rings. The Balaban J connectivity index is 2.25. The van der Waals surface area contributed by atoms with Crippen molar-refractivity contribution in [3.8, 4) is 0 Å². The summed E-state index contributed by atoms with van der Waals surface area (Å²) >= 11 is 6.32. The fourth-order valence-electron chi connectivity index (χ4n) is 2.55. The fraction of sp³-hybridized carbons (Fsp3) is 0.286. The number of esters is 1. The molecule has 1 N–H and O–H groups in total. The van der Waals surface area contributed by atoms with E-state index in [0.29, 0.717) is 23.0 Å². The van der Waals surface area contributed by atoms with Crippen molar-refractivity contribution in [3.63, 3.8) is 0 Å². The van der Waals surface area contributed by atoms with Crippen LogP contribution < -0.4 is 5.32 Å². The van der Waals surface area contributed by atoms with Crippen LogP contribution in [0.1, 0.15) is 24.9 Å². The Morgan fingerprint density at radius 3 is 2.91 bits per heavy atom. The molecule has 114 valence electrons. The maximum Gasteiger partial charge on any atom is 0.338 e. The first kappa shape index (κ1) is 14.5. The van der Waals surface area contributed by atoms with Gasteiger partial charge >= 0.3 is 5.97 Å². The van der Waals surface area contributed by atoms with E-state index in [0.717, 1.165) is 11.3 Å². The zero-order chi connectivity index (χ0) is 15.7. The zero-order valence-corrected chi connectivity index (χ0v) is 12.8. The molecule has 3 rings (SSSR count). The second-order valence-corrected chi connectivity index (χ2v) is 5.14. The van der Waals surface area contributed by atoms with Crippen molar-refractivity contribution in [1.82, 2.24) is 20.2 Å². The summed E-state index contributed by atoms with van der Waals surface area (Å²) in [6.45, 7) is 1.94. The highest BCUT2D eigenvalue weighted by molar-refractivity contribution is 6.31. The van der Waals surface area contributed by atoms with E-state index in [9.17, 15) is 4.79 Å². The van der Waals surface area contributed by atoms with Gasteiger partial charge in [-0.25, -0.2) is 4.79 Å². The van der Waals surface area contributed by atoms with Gasteiger partial charge in [0.05, 0.1) is 12.7 Å². The molecule has 0 saturated carbocycles. The molecule has 1 aromatic heterocycles. The summed E-state index contributed by atoms with van der Waals surface area (Å²) in [5.41, 5.74) is 1.92. The Morgan fingerprint density at radius 2 is 2.23 bits per heavy atom. The van der Waals surface area contributed by atoms with E-state index in [1.807, 2.05) is 25.1 Å². The monoisotopic (exact) mass is 319 g/mol. The molecule has 1 aliphatic heterocycles. The third-order valence-corrected chi connectivity index (χ3v) is 3.90. The predicted octanol–water partition coefficient (Wildman–Crippen LogP) is 2.18. The number of hydrogen-bond donors (Lipinski definition) is 1. The number of ether oxygens (including phenoxy) is 1. The summed E-state index contributed by atoms with van der Waals surface area (Å²) in [4.78, 5) is 12.3. The van der Waals surface area contributed by atoms with Crippen LogP contribution in [0.3, 0.4) is 0 Å². The molecular formula is C14H14ClN5O2. The van der Waals surface area contributed by atoms with Crippen LogP contribution in [0.2, 0.25) is 5.02 Å². The highest BCUT2D eigenvalue weighted by Crippen LogP contribution is 2.38. The third-order valence-electron chi connectivity index (χ3n) is 3.56. The Labute approximate surface area is 131 Å². The third kappa shape index (κ3) is 2.23. The van der Waals surface area contributed by atoms with Gasteiger partial charge in [0.25, 0.3) is 0 Å². The maximum atomic E-state index is 12.3. The zero-order valence-electron chi connectivity index (χ0n) is 12.1. The average molecular weight is 320 g/mol. The second kappa shape index (κ2) is 5.76. The molecule has 2 heterocycles. The predicted molar refractivity (Wildman–Crippen MR) is 80.4 cm³/mol. The summed E-state index contributed by atoms with van der Waals surface area (Å²) in [6, 6.07) is 6.77. The number of allylic oxidation sites excluding steroid dienone is 1. The maximum absolute atomic E-state index is 12.3. The fourth-order valence-corrected chi connectivity index (χ4v) is 2.79. The number of anilines is 1. The van der Waals surface area contributed by atoms with Crippen molar-refractivity contribution < 1.29 is 9.53 Å². The molecule has 0 unspecified atom stereocenters. The van der Waals surface area contributed by atoms with Crippen LogP contribution in [0, 0.1) is 0 Å². The number of fused-ring (bicyclic) bond motifs is 1. The van der Waals surface area contributed by atoms with Gasteiger partial charge in [-0.3, -0.25) is 0 Å². The normalized spacial score (nSPS) is 17.0. The van der Waals surface area contributed by atoms with Gasteiger partial charge in [0, 0.05) is 16.3 Å². The number of aromatic nitrogens is 4. The Kier molecular flexibility index (Phi) is 3.81. The van der Waals surface area contributed by atoms with Gasteiger partial charge in [-0.2, -0.15) is 4.68 Å². The van der Waals surface area contributed by atoms with Crippen LogP contribution in [0.15, 0.2) is 35.5 Å². The van der Waals surface area contributed by atoms with Crippen LogP contribution in [0.25, 0.3) is 0 Å². The quantitative estimate of drug-likeness (QED) is 0.873. The lowest BCUT2D eigenvalue weighted by atomic mass is 9.94. The number of carbonyl (C=O) groups is 1. The van der Waals surface area contributed by atoms with E-state index < -0.39 is 12.0 Å². The first-order valence-corrected chi connectivity index (χ1v) is 7.15. The summed E-state index contributed by atoms with van der Waals surface area (Å²) < 4.78 is 6.48. The number of nitrogens with one attached hydrogen (secondary N) is 1. The lowest BCUT2D eigenvalue weighted by Crippen LogP contribution is -2.30. The molecule has 0 spiro atoms. The number of methoxy groups -OCH3 is 1. The molecule has 1 aliphatic rings. The number of tetrazole rings is 1. The number of carbonyl (C=O) groups excluding carboxylic acids is 1. The number of halogens is 1. The molecule has 1 aromatic carbocycles. The lowest BCUT2D eigenvalue weighted by Gasteiger charge is -2.28. The molecule has 7 nitrogen and oxygen atoms in total. The largest absolute Gasteiger partial charge is 0.466 e. The molecule has 8 heteroatoms. The van der Waals surface area contributed by atoms with Gasteiger partial charge in [0.15, 0.2) is 0 Å². The molecular weight excluding hydrogens is 306 g/mol. The molecule has 0 amide bonds. The first-order chi connectivity index (χ1) is 10.7. The number of hydrogen-bond acceptors (Lipinski definition) is 6. The Bertz CT molecular complexity index is 755. The summed E-state index contributed by atoms with van der Waals surface area (Å²) in [5.74, 6) is 0.0323. The molecule has 22 heavy (non-hydrogen) atoms. The summed E-state index contributed by atoms with van der Waals surface area (Å²) in [6.07, 6.45) is 0.609. The molecule has 0 radical (unpaired) electrons. The lowest BCUT2D eigenvalue weighted by molar-refractivity contribution is -0.136. The van der Waals surface area contributed by atoms with Crippen molar-refractivity contribution >= 4 is 23.5 Å². The SMILES string of the molecule is CCC1=C(C(=O)OC)[C@@H](c2ccccc2Cl)n2nnnc2N1. The Morgan fingerprint density at radius 1 is 1.45 bits per heavy atom. The average Bonchev–Trinajstić information content (AvgIpc) is 3.01. The van der Waals surface area contributed by atoms with E-state index in [1.165, 1.54) is 11.8 Å². The van der Waals surface area contributed by atoms with Crippen molar-refractivity contribution in [3.05, 3.63) is 46.1 Å². The van der Waals surface area contributed by atoms with Gasteiger partial charge in [-0.15, -0.1) is 0 Å². The first-order valence-electron chi connectivity index (χ1n) is 6.78. The minimum absolute atomic E-state index is 0.435. The number of nitrogens with zero attached hydrogens (tertiary/aromatic N) is 4. The Hall–Kier alpha value is -2.41. The minimum Gasteiger partial charge on any atom is -0.466 e. The highest BCUT2D eigenvalue weighted by atomic mass is 35.5. The number of rotatable bonds is 3. The van der Waals surface area contributed by atoms with Gasteiger partial charge in [0.1, 0.15) is 6.04 Å². The van der Waals surface area contributed by atoms with Crippen molar-refractivity contribution in [2.24, 2.45) is 0 Å². The van der Waals surface area contributed by atoms with Crippen LogP contribution in [-0.2, 0) is 9.53 Å². The van der Waals surface area contributed by atoms with E-state index >= 15 is 0 Å². The van der Waals surface area contributed by atoms with E-state index in [1.54, 1.807) is 6.07 Å².